The number of fused-ring (bicyclic) bond motifs is 1. The molecule has 0 atom stereocenters. The number of aliphatic hydroxyl groups is 1. The van der Waals surface area contributed by atoms with E-state index in [2.05, 4.69) is 16.8 Å². The maximum atomic E-state index is 13.5. The maximum absolute atomic E-state index is 13.5. The van der Waals surface area contributed by atoms with E-state index in [1.807, 2.05) is 6.07 Å². The summed E-state index contributed by atoms with van der Waals surface area (Å²) in [6.07, 6.45) is 4.00. The number of aliphatic hydroxyl groups excluding tert-OH is 1. The summed E-state index contributed by atoms with van der Waals surface area (Å²) in [7, 11) is 2.06. The van der Waals surface area contributed by atoms with Gasteiger partial charge in [-0.1, -0.05) is 0 Å². The lowest BCUT2D eigenvalue weighted by Crippen LogP contribution is -2.25. The van der Waals surface area contributed by atoms with E-state index in [-0.39, 0.29) is 12.4 Å². The summed E-state index contributed by atoms with van der Waals surface area (Å²) < 4.78 is 13.5. The van der Waals surface area contributed by atoms with Crippen molar-refractivity contribution in [2.45, 2.75) is 25.7 Å². The minimum atomic E-state index is -0.172. The van der Waals surface area contributed by atoms with Crippen LogP contribution in [0.5, 0.6) is 0 Å². The van der Waals surface area contributed by atoms with Crippen molar-refractivity contribution in [3.05, 3.63) is 24.0 Å². The van der Waals surface area contributed by atoms with Crippen molar-refractivity contribution in [1.29, 1.82) is 0 Å². The van der Waals surface area contributed by atoms with E-state index < -0.39 is 0 Å². The largest absolute Gasteiger partial charge is 0.396 e. The van der Waals surface area contributed by atoms with Crippen LogP contribution in [0.25, 0.3) is 0 Å². The van der Waals surface area contributed by atoms with Crippen molar-refractivity contribution in [3.8, 4) is 0 Å². The lowest BCUT2D eigenvalue weighted by molar-refractivity contribution is 0.283. The van der Waals surface area contributed by atoms with Gasteiger partial charge < -0.3 is 14.9 Å². The molecule has 0 amide bonds. The van der Waals surface area contributed by atoms with Gasteiger partial charge in [0.25, 0.3) is 0 Å². The zero-order valence-electron chi connectivity index (χ0n) is 11.6. The van der Waals surface area contributed by atoms with Gasteiger partial charge in [-0.3, -0.25) is 0 Å². The highest BCUT2D eigenvalue weighted by molar-refractivity contribution is 5.71. The second kappa shape index (κ2) is 6.75. The summed E-state index contributed by atoms with van der Waals surface area (Å²) >= 11 is 0. The predicted octanol–water partition coefficient (Wildman–Crippen LogP) is 2.63. The fourth-order valence-corrected chi connectivity index (χ4v) is 2.64. The molecule has 0 saturated heterocycles. The van der Waals surface area contributed by atoms with Gasteiger partial charge in [0.1, 0.15) is 5.82 Å². The van der Waals surface area contributed by atoms with E-state index in [4.69, 9.17) is 5.11 Å². The van der Waals surface area contributed by atoms with Gasteiger partial charge in [0, 0.05) is 33.3 Å². The minimum absolute atomic E-state index is 0.172. The molecule has 1 aliphatic heterocycles. The topological polar surface area (TPSA) is 26.7 Å². The first-order valence-electron chi connectivity index (χ1n) is 7.09. The Morgan fingerprint density at radius 3 is 2.79 bits per heavy atom. The molecule has 0 bridgehead atoms. The summed E-state index contributed by atoms with van der Waals surface area (Å²) in [6.45, 7) is 3.17. The Kier molecular flexibility index (Phi) is 5.02. The third-order valence-corrected chi connectivity index (χ3v) is 3.70. The first kappa shape index (κ1) is 14.1. The number of anilines is 2. The smallest absolute Gasteiger partial charge is 0.125 e. The van der Waals surface area contributed by atoms with Crippen molar-refractivity contribution < 1.29 is 9.50 Å². The Bertz CT molecular complexity index is 411. The molecule has 0 saturated carbocycles. The molecule has 1 heterocycles. The van der Waals surface area contributed by atoms with E-state index in [0.717, 1.165) is 56.7 Å². The van der Waals surface area contributed by atoms with E-state index >= 15 is 0 Å². The zero-order valence-corrected chi connectivity index (χ0v) is 11.6. The molecule has 0 radical (unpaired) electrons. The Balaban J connectivity index is 2.11. The Morgan fingerprint density at radius 1 is 1.16 bits per heavy atom. The van der Waals surface area contributed by atoms with Crippen LogP contribution >= 0.6 is 0 Å². The highest BCUT2D eigenvalue weighted by Gasteiger charge is 2.18. The molecule has 1 aliphatic rings. The maximum Gasteiger partial charge on any atom is 0.125 e. The molecule has 2 rings (SSSR count). The second-order valence-electron chi connectivity index (χ2n) is 5.18. The first-order valence-corrected chi connectivity index (χ1v) is 7.09. The lowest BCUT2D eigenvalue weighted by Gasteiger charge is -2.26. The van der Waals surface area contributed by atoms with Crippen LogP contribution in [0, 0.1) is 5.82 Å². The molecule has 0 unspecified atom stereocenters. The first-order chi connectivity index (χ1) is 9.22. The number of unbranched alkanes of at least 4 members (excludes halogenated alkanes) is 2. The SMILES string of the molecule is CN1CCCN(CCCCCO)c2cc(F)ccc21. The van der Waals surface area contributed by atoms with Crippen LogP contribution < -0.4 is 9.80 Å². The molecule has 106 valence electrons. The van der Waals surface area contributed by atoms with Crippen LogP contribution in [0.3, 0.4) is 0 Å². The molecular formula is C15H23FN2O. The molecule has 0 aromatic heterocycles. The van der Waals surface area contributed by atoms with Gasteiger partial charge in [-0.05, 0) is 43.9 Å². The molecule has 1 aromatic carbocycles. The van der Waals surface area contributed by atoms with E-state index in [0.29, 0.717) is 0 Å². The fourth-order valence-electron chi connectivity index (χ4n) is 2.64. The van der Waals surface area contributed by atoms with Crippen LogP contribution in [0.2, 0.25) is 0 Å². The molecule has 19 heavy (non-hydrogen) atoms. The summed E-state index contributed by atoms with van der Waals surface area (Å²) in [5.41, 5.74) is 2.12. The quantitative estimate of drug-likeness (QED) is 0.830. The summed E-state index contributed by atoms with van der Waals surface area (Å²) in [6, 6.07) is 5.05. The van der Waals surface area contributed by atoms with Gasteiger partial charge in [-0.25, -0.2) is 4.39 Å². The second-order valence-corrected chi connectivity index (χ2v) is 5.18. The highest BCUT2D eigenvalue weighted by atomic mass is 19.1. The van der Waals surface area contributed by atoms with Gasteiger partial charge in [0.05, 0.1) is 11.4 Å². The average Bonchev–Trinajstić information content (AvgIpc) is 2.55. The van der Waals surface area contributed by atoms with Crippen molar-refractivity contribution >= 4 is 11.4 Å². The highest BCUT2D eigenvalue weighted by Crippen LogP contribution is 2.32. The van der Waals surface area contributed by atoms with Crippen molar-refractivity contribution in [2.75, 3.05) is 43.1 Å². The third-order valence-electron chi connectivity index (χ3n) is 3.70. The molecule has 0 fully saturated rings. The zero-order chi connectivity index (χ0) is 13.7. The standard InChI is InChI=1S/C15H23FN2O/c1-17-8-5-10-18(9-3-2-4-11-19)15-12-13(16)6-7-14(15)17/h6-7,12,19H,2-5,8-11H2,1H3. The van der Waals surface area contributed by atoms with Crippen LogP contribution in [0.15, 0.2) is 18.2 Å². The summed E-state index contributed by atoms with van der Waals surface area (Å²) in [4.78, 5) is 4.47. The molecule has 4 heteroatoms. The van der Waals surface area contributed by atoms with Crippen molar-refractivity contribution in [2.24, 2.45) is 0 Å². The van der Waals surface area contributed by atoms with Crippen LogP contribution in [0.4, 0.5) is 15.8 Å². The van der Waals surface area contributed by atoms with Crippen molar-refractivity contribution in [3.63, 3.8) is 0 Å². The van der Waals surface area contributed by atoms with E-state index in [1.54, 1.807) is 6.07 Å². The Hall–Kier alpha value is -1.29. The van der Waals surface area contributed by atoms with Crippen LogP contribution in [0.1, 0.15) is 25.7 Å². The normalized spacial score (nSPS) is 15.3. The van der Waals surface area contributed by atoms with Crippen molar-refractivity contribution in [1.82, 2.24) is 0 Å². The minimum Gasteiger partial charge on any atom is -0.396 e. The fraction of sp³-hybridized carbons (Fsp3) is 0.600. The molecule has 1 aromatic rings. The number of rotatable bonds is 5. The molecule has 1 N–H and O–H groups in total. The van der Waals surface area contributed by atoms with Gasteiger partial charge in [0.2, 0.25) is 0 Å². The monoisotopic (exact) mass is 266 g/mol. The number of benzene rings is 1. The average molecular weight is 266 g/mol. The van der Waals surface area contributed by atoms with Crippen LogP contribution in [-0.2, 0) is 0 Å². The van der Waals surface area contributed by atoms with Gasteiger partial charge in [-0.15, -0.1) is 0 Å². The summed E-state index contributed by atoms with van der Waals surface area (Å²) in [5, 5.41) is 8.81. The molecule has 3 nitrogen and oxygen atoms in total. The summed E-state index contributed by atoms with van der Waals surface area (Å²) in [5.74, 6) is -0.172. The molecule has 0 aliphatic carbocycles. The predicted molar refractivity (Wildman–Crippen MR) is 77.4 cm³/mol. The number of nitrogens with zero attached hydrogens (tertiary/aromatic N) is 2. The Morgan fingerprint density at radius 2 is 2.00 bits per heavy atom. The Labute approximate surface area is 114 Å². The third kappa shape index (κ3) is 3.60. The van der Waals surface area contributed by atoms with E-state index in [1.165, 1.54) is 6.07 Å². The molecule has 0 spiro atoms. The van der Waals surface area contributed by atoms with Gasteiger partial charge >= 0.3 is 0 Å². The van der Waals surface area contributed by atoms with E-state index in [9.17, 15) is 4.39 Å². The van der Waals surface area contributed by atoms with Gasteiger partial charge in [-0.2, -0.15) is 0 Å². The molecular weight excluding hydrogens is 243 g/mol. The number of hydrogen-bond acceptors (Lipinski definition) is 3. The number of hydrogen-bond donors (Lipinski definition) is 1. The van der Waals surface area contributed by atoms with Gasteiger partial charge in [0.15, 0.2) is 0 Å². The lowest BCUT2D eigenvalue weighted by atomic mass is 10.2. The number of halogens is 1. The van der Waals surface area contributed by atoms with Crippen LogP contribution in [-0.4, -0.2) is 38.4 Å².